The lowest BCUT2D eigenvalue weighted by Crippen LogP contribution is -2.20. The van der Waals surface area contributed by atoms with Gasteiger partial charge in [-0.15, -0.1) is 0 Å². The number of nitrogens with one attached hydrogen (secondary N) is 2. The number of anilines is 1. The maximum absolute atomic E-state index is 14.6. The van der Waals surface area contributed by atoms with E-state index in [1.54, 1.807) is 6.07 Å². The molecule has 0 aliphatic rings. The molecule has 1 atom stereocenters. The Balaban J connectivity index is 1.78. The quantitative estimate of drug-likeness (QED) is 0.159. The minimum Gasteiger partial charge on any atom is -0.367 e. The van der Waals surface area contributed by atoms with Crippen molar-refractivity contribution in [3.05, 3.63) is 77.6 Å². The fourth-order valence-corrected chi connectivity index (χ4v) is 4.31. The van der Waals surface area contributed by atoms with Gasteiger partial charge in [0.15, 0.2) is 5.82 Å². The molecule has 0 aliphatic heterocycles. The summed E-state index contributed by atoms with van der Waals surface area (Å²) in [5.41, 5.74) is -1.68. The van der Waals surface area contributed by atoms with Gasteiger partial charge in [-0.3, -0.25) is 0 Å². The third-order valence-corrected chi connectivity index (χ3v) is 6.37. The number of hydrogen-bond donors (Lipinski definition) is 2. The maximum atomic E-state index is 14.6. The summed E-state index contributed by atoms with van der Waals surface area (Å²) in [6.45, 7) is 5.58. The van der Waals surface area contributed by atoms with Crippen molar-refractivity contribution in [2.75, 3.05) is 18.4 Å². The SMILES string of the molecule is CCNCCCC(C)Nc1nc(-c2cccc(-c3cc(C(F)(F)F)ccc3F)c2)nc2cc(C(F)(F)F)ccc12. The molecule has 212 valence electrons. The van der Waals surface area contributed by atoms with Crippen LogP contribution in [0, 0.1) is 5.82 Å². The highest BCUT2D eigenvalue weighted by atomic mass is 19.4. The van der Waals surface area contributed by atoms with Crippen LogP contribution in [-0.2, 0) is 12.4 Å². The minimum absolute atomic E-state index is 0.0397. The van der Waals surface area contributed by atoms with Gasteiger partial charge < -0.3 is 10.6 Å². The molecule has 0 radical (unpaired) electrons. The summed E-state index contributed by atoms with van der Waals surface area (Å²) < 4.78 is 94.7. The van der Waals surface area contributed by atoms with Crippen molar-refractivity contribution in [2.24, 2.45) is 0 Å². The van der Waals surface area contributed by atoms with Gasteiger partial charge >= 0.3 is 12.4 Å². The number of fused-ring (bicyclic) bond motifs is 1. The molecule has 0 saturated carbocycles. The highest BCUT2D eigenvalue weighted by Gasteiger charge is 2.32. The van der Waals surface area contributed by atoms with Crippen molar-refractivity contribution in [1.29, 1.82) is 0 Å². The second kappa shape index (κ2) is 11.8. The Labute approximate surface area is 226 Å². The molecule has 0 spiro atoms. The van der Waals surface area contributed by atoms with Crippen LogP contribution in [0.2, 0.25) is 0 Å². The summed E-state index contributed by atoms with van der Waals surface area (Å²) in [7, 11) is 0. The molecule has 0 aliphatic carbocycles. The molecule has 1 unspecified atom stereocenters. The largest absolute Gasteiger partial charge is 0.416 e. The number of alkyl halides is 6. The molecule has 4 aromatic rings. The number of aromatic nitrogens is 2. The van der Waals surface area contributed by atoms with Gasteiger partial charge in [-0.2, -0.15) is 26.3 Å². The van der Waals surface area contributed by atoms with Crippen LogP contribution in [0.5, 0.6) is 0 Å². The van der Waals surface area contributed by atoms with E-state index in [1.165, 1.54) is 24.3 Å². The van der Waals surface area contributed by atoms with Gasteiger partial charge in [0.25, 0.3) is 0 Å². The van der Waals surface area contributed by atoms with E-state index >= 15 is 0 Å². The number of halogens is 7. The summed E-state index contributed by atoms with van der Waals surface area (Å²) in [5, 5.41) is 6.88. The lowest BCUT2D eigenvalue weighted by molar-refractivity contribution is -0.138. The Bertz CT molecular complexity index is 1480. The predicted octanol–water partition coefficient (Wildman–Crippen LogP) is 8.33. The van der Waals surface area contributed by atoms with Gasteiger partial charge in [-0.25, -0.2) is 14.4 Å². The van der Waals surface area contributed by atoms with E-state index < -0.39 is 29.3 Å². The molecule has 0 saturated heterocycles. The first kappa shape index (κ1) is 29.3. The summed E-state index contributed by atoms with van der Waals surface area (Å²) >= 11 is 0. The van der Waals surface area contributed by atoms with Crippen LogP contribution in [0.3, 0.4) is 0 Å². The zero-order valence-electron chi connectivity index (χ0n) is 21.7. The molecule has 11 heteroatoms. The Morgan fingerprint density at radius 1 is 0.825 bits per heavy atom. The number of rotatable bonds is 9. The van der Waals surface area contributed by atoms with Crippen molar-refractivity contribution in [3.63, 3.8) is 0 Å². The van der Waals surface area contributed by atoms with E-state index in [0.717, 1.165) is 44.1 Å². The monoisotopic (exact) mass is 564 g/mol. The van der Waals surface area contributed by atoms with Gasteiger partial charge in [-0.1, -0.05) is 25.1 Å². The molecule has 3 aromatic carbocycles. The summed E-state index contributed by atoms with van der Waals surface area (Å²) in [5.74, 6) is -0.489. The molecule has 40 heavy (non-hydrogen) atoms. The van der Waals surface area contributed by atoms with Gasteiger partial charge in [0.05, 0.1) is 16.6 Å². The van der Waals surface area contributed by atoms with Gasteiger partial charge in [-0.05, 0) is 80.9 Å². The predicted molar refractivity (Wildman–Crippen MR) is 141 cm³/mol. The van der Waals surface area contributed by atoms with E-state index in [-0.39, 0.29) is 28.5 Å². The second-order valence-electron chi connectivity index (χ2n) is 9.44. The van der Waals surface area contributed by atoms with E-state index in [2.05, 4.69) is 20.6 Å². The van der Waals surface area contributed by atoms with Crippen LogP contribution in [0.4, 0.5) is 36.6 Å². The van der Waals surface area contributed by atoms with E-state index in [9.17, 15) is 30.7 Å². The third kappa shape index (κ3) is 6.88. The molecule has 4 rings (SSSR count). The van der Waals surface area contributed by atoms with E-state index in [1.807, 2.05) is 13.8 Å². The summed E-state index contributed by atoms with van der Waals surface area (Å²) in [6, 6.07) is 11.2. The van der Waals surface area contributed by atoms with Crippen molar-refractivity contribution >= 4 is 16.7 Å². The van der Waals surface area contributed by atoms with Gasteiger partial charge in [0.1, 0.15) is 11.6 Å². The topological polar surface area (TPSA) is 49.8 Å². The van der Waals surface area contributed by atoms with E-state index in [0.29, 0.717) is 28.9 Å². The van der Waals surface area contributed by atoms with E-state index in [4.69, 9.17) is 0 Å². The number of benzene rings is 3. The van der Waals surface area contributed by atoms with Crippen LogP contribution >= 0.6 is 0 Å². The zero-order chi connectivity index (χ0) is 29.1. The molecule has 2 N–H and O–H groups in total. The normalized spacial score (nSPS) is 13.0. The smallest absolute Gasteiger partial charge is 0.367 e. The average molecular weight is 565 g/mol. The Morgan fingerprint density at radius 3 is 2.20 bits per heavy atom. The lowest BCUT2D eigenvalue weighted by Gasteiger charge is -2.18. The molecule has 0 fully saturated rings. The Hall–Kier alpha value is -3.73. The molecule has 0 amide bonds. The summed E-state index contributed by atoms with van der Waals surface area (Å²) in [4.78, 5) is 8.92. The minimum atomic E-state index is -4.67. The Morgan fingerprint density at radius 2 is 1.50 bits per heavy atom. The third-order valence-electron chi connectivity index (χ3n) is 6.37. The molecular formula is C29H27F7N4. The van der Waals surface area contributed by atoms with Crippen LogP contribution in [0.25, 0.3) is 33.4 Å². The van der Waals surface area contributed by atoms with Gasteiger partial charge in [0.2, 0.25) is 0 Å². The second-order valence-corrected chi connectivity index (χ2v) is 9.44. The van der Waals surface area contributed by atoms with Crippen LogP contribution in [0.1, 0.15) is 37.8 Å². The number of nitrogens with zero attached hydrogens (tertiary/aromatic N) is 2. The highest BCUT2D eigenvalue weighted by Crippen LogP contribution is 2.36. The Kier molecular flexibility index (Phi) is 8.62. The summed E-state index contributed by atoms with van der Waals surface area (Å²) in [6.07, 6.45) is -7.63. The molecule has 1 heterocycles. The number of hydrogen-bond acceptors (Lipinski definition) is 4. The standard InChI is InChI=1S/C29H27F7N4/c1-3-37-13-5-6-17(2)38-27-22-11-9-21(29(34,35)36)16-25(22)39-26(40-27)19-8-4-7-18(14-19)23-15-20(28(31,32)33)10-12-24(23)30/h4,7-12,14-17,37H,3,5-6,13H2,1-2H3,(H,38,39,40). The molecular weight excluding hydrogens is 537 g/mol. The molecule has 0 bridgehead atoms. The van der Waals surface area contributed by atoms with Crippen molar-refractivity contribution in [2.45, 2.75) is 45.1 Å². The first-order chi connectivity index (χ1) is 18.9. The fourth-order valence-electron chi connectivity index (χ4n) is 4.31. The van der Waals surface area contributed by atoms with Crippen molar-refractivity contribution in [1.82, 2.24) is 15.3 Å². The van der Waals surface area contributed by atoms with Crippen LogP contribution < -0.4 is 10.6 Å². The first-order valence-corrected chi connectivity index (χ1v) is 12.7. The van der Waals surface area contributed by atoms with Crippen molar-refractivity contribution in [3.8, 4) is 22.5 Å². The van der Waals surface area contributed by atoms with Gasteiger partial charge in [0, 0.05) is 22.6 Å². The highest BCUT2D eigenvalue weighted by molar-refractivity contribution is 5.91. The fraction of sp³-hybridized carbons (Fsp3) is 0.310. The molecule has 4 nitrogen and oxygen atoms in total. The van der Waals surface area contributed by atoms with Crippen molar-refractivity contribution < 1.29 is 30.7 Å². The first-order valence-electron chi connectivity index (χ1n) is 12.7. The lowest BCUT2D eigenvalue weighted by atomic mass is 10.00. The molecule has 1 aromatic heterocycles. The zero-order valence-corrected chi connectivity index (χ0v) is 21.7. The average Bonchev–Trinajstić information content (AvgIpc) is 2.90. The maximum Gasteiger partial charge on any atom is 0.416 e. The van der Waals surface area contributed by atoms with Crippen LogP contribution in [0.15, 0.2) is 60.7 Å². The van der Waals surface area contributed by atoms with Crippen LogP contribution in [-0.4, -0.2) is 29.1 Å².